The summed E-state index contributed by atoms with van der Waals surface area (Å²) in [5.41, 5.74) is 7.24. The van der Waals surface area contributed by atoms with Gasteiger partial charge in [-0.25, -0.2) is 4.79 Å². The smallest absolute Gasteiger partial charge is 0.365 e. The number of hydrogen-bond acceptors (Lipinski definition) is 6. The molecule has 0 aliphatic heterocycles. The SMILES string of the molecule is COc1ccc(C(=O)O/N=C(\N)c2cc(Cl)ccc2OC)cc1COc1ccc(Cl)cc1. The van der Waals surface area contributed by atoms with E-state index < -0.39 is 5.97 Å². The molecule has 0 amide bonds. The lowest BCUT2D eigenvalue weighted by Gasteiger charge is -2.12. The largest absolute Gasteiger partial charge is 0.496 e. The van der Waals surface area contributed by atoms with Crippen LogP contribution in [0.4, 0.5) is 0 Å². The molecule has 7 nitrogen and oxygen atoms in total. The Morgan fingerprint density at radius 3 is 2.25 bits per heavy atom. The van der Waals surface area contributed by atoms with Crippen LogP contribution in [0.15, 0.2) is 65.8 Å². The fourth-order valence-electron chi connectivity index (χ4n) is 2.78. The molecule has 0 saturated heterocycles. The molecule has 0 radical (unpaired) electrons. The van der Waals surface area contributed by atoms with Crippen molar-refractivity contribution < 1.29 is 23.8 Å². The van der Waals surface area contributed by atoms with Crippen molar-refractivity contribution in [2.24, 2.45) is 10.9 Å². The first-order valence-electron chi connectivity index (χ1n) is 9.35. The van der Waals surface area contributed by atoms with Gasteiger partial charge in [0.2, 0.25) is 0 Å². The minimum absolute atomic E-state index is 0.0579. The summed E-state index contributed by atoms with van der Waals surface area (Å²) in [7, 11) is 3.01. The number of ether oxygens (including phenoxy) is 3. The zero-order valence-corrected chi connectivity index (χ0v) is 18.8. The Morgan fingerprint density at radius 1 is 0.906 bits per heavy atom. The van der Waals surface area contributed by atoms with Crippen LogP contribution in [-0.2, 0) is 11.4 Å². The van der Waals surface area contributed by atoms with Crippen LogP contribution >= 0.6 is 23.2 Å². The number of nitrogens with zero attached hydrogens (tertiary/aromatic N) is 1. The van der Waals surface area contributed by atoms with Crippen molar-refractivity contribution in [2.45, 2.75) is 6.61 Å². The van der Waals surface area contributed by atoms with Gasteiger partial charge in [-0.1, -0.05) is 28.4 Å². The average molecular weight is 475 g/mol. The third-order valence-electron chi connectivity index (χ3n) is 4.39. The first-order valence-corrected chi connectivity index (χ1v) is 10.1. The number of benzene rings is 3. The number of halogens is 2. The van der Waals surface area contributed by atoms with Crippen LogP contribution in [0.2, 0.25) is 10.0 Å². The summed E-state index contributed by atoms with van der Waals surface area (Å²) in [5.74, 6) is 0.860. The van der Waals surface area contributed by atoms with Crippen molar-refractivity contribution >= 4 is 35.0 Å². The van der Waals surface area contributed by atoms with Crippen LogP contribution in [0.25, 0.3) is 0 Å². The lowest BCUT2D eigenvalue weighted by Crippen LogP contribution is -2.16. The Balaban J connectivity index is 1.75. The molecule has 0 heterocycles. The Kier molecular flexibility index (Phi) is 7.81. The molecule has 0 atom stereocenters. The van der Waals surface area contributed by atoms with Gasteiger partial charge in [0.05, 0.1) is 25.3 Å². The van der Waals surface area contributed by atoms with Crippen molar-refractivity contribution in [2.75, 3.05) is 14.2 Å². The van der Waals surface area contributed by atoms with Crippen molar-refractivity contribution in [3.8, 4) is 17.2 Å². The lowest BCUT2D eigenvalue weighted by molar-refractivity contribution is 0.0515. The number of rotatable bonds is 8. The topological polar surface area (TPSA) is 92.4 Å². The molecule has 0 saturated carbocycles. The van der Waals surface area contributed by atoms with Crippen molar-refractivity contribution in [3.63, 3.8) is 0 Å². The second kappa shape index (κ2) is 10.7. The number of carbonyl (C=O) groups excluding carboxylic acids is 1. The maximum Gasteiger partial charge on any atom is 0.365 e. The highest BCUT2D eigenvalue weighted by molar-refractivity contribution is 6.31. The van der Waals surface area contributed by atoms with E-state index in [4.69, 9.17) is 48.0 Å². The third kappa shape index (κ3) is 5.84. The monoisotopic (exact) mass is 474 g/mol. The molecular formula is C23H20Cl2N2O5. The van der Waals surface area contributed by atoms with Gasteiger partial charge in [0.15, 0.2) is 5.84 Å². The Labute approximate surface area is 195 Å². The molecule has 0 aliphatic rings. The fraction of sp³-hybridized carbons (Fsp3) is 0.130. The van der Waals surface area contributed by atoms with Crippen LogP contribution in [0.5, 0.6) is 17.2 Å². The first-order chi connectivity index (χ1) is 15.4. The zero-order chi connectivity index (χ0) is 23.1. The van der Waals surface area contributed by atoms with Crippen molar-refractivity contribution in [3.05, 3.63) is 87.4 Å². The van der Waals surface area contributed by atoms with Gasteiger partial charge in [-0.05, 0) is 60.7 Å². The second-order valence-electron chi connectivity index (χ2n) is 6.47. The van der Waals surface area contributed by atoms with Gasteiger partial charge in [-0.15, -0.1) is 0 Å². The average Bonchev–Trinajstić information content (AvgIpc) is 2.81. The van der Waals surface area contributed by atoms with Gasteiger partial charge in [0.1, 0.15) is 23.9 Å². The normalized spacial score (nSPS) is 11.1. The number of carbonyl (C=O) groups is 1. The summed E-state index contributed by atoms with van der Waals surface area (Å²) >= 11 is 11.9. The van der Waals surface area contributed by atoms with Gasteiger partial charge in [0.25, 0.3) is 0 Å². The van der Waals surface area contributed by atoms with Gasteiger partial charge >= 0.3 is 5.97 Å². The van der Waals surface area contributed by atoms with Crippen molar-refractivity contribution in [1.29, 1.82) is 0 Å². The van der Waals surface area contributed by atoms with E-state index in [1.165, 1.54) is 14.2 Å². The summed E-state index contributed by atoms with van der Waals surface area (Å²) in [6.07, 6.45) is 0. The first kappa shape index (κ1) is 23.2. The highest BCUT2D eigenvalue weighted by Gasteiger charge is 2.14. The summed E-state index contributed by atoms with van der Waals surface area (Å²) in [4.78, 5) is 17.5. The predicted octanol–water partition coefficient (Wildman–Crippen LogP) is 5.07. The van der Waals surface area contributed by atoms with Crippen LogP contribution in [-0.4, -0.2) is 26.0 Å². The van der Waals surface area contributed by atoms with E-state index in [0.717, 1.165) is 0 Å². The quantitative estimate of drug-likeness (QED) is 0.212. The molecule has 3 aromatic carbocycles. The van der Waals surface area contributed by atoms with E-state index >= 15 is 0 Å². The lowest BCUT2D eigenvalue weighted by atomic mass is 10.1. The van der Waals surface area contributed by atoms with E-state index in [1.54, 1.807) is 60.7 Å². The van der Waals surface area contributed by atoms with E-state index in [9.17, 15) is 4.79 Å². The molecule has 3 aromatic rings. The summed E-state index contributed by atoms with van der Waals surface area (Å²) in [6, 6.07) is 16.6. The van der Waals surface area contributed by atoms with Gasteiger partial charge < -0.3 is 24.8 Å². The van der Waals surface area contributed by atoms with E-state index in [2.05, 4.69) is 5.16 Å². The number of hydrogen-bond donors (Lipinski definition) is 1. The molecule has 9 heteroatoms. The molecule has 0 unspecified atom stereocenters. The number of nitrogens with two attached hydrogens (primary N) is 1. The van der Waals surface area contributed by atoms with E-state index in [1.807, 2.05) is 0 Å². The minimum Gasteiger partial charge on any atom is -0.496 e. The molecular weight excluding hydrogens is 455 g/mol. The maximum atomic E-state index is 12.5. The molecule has 0 fully saturated rings. The molecule has 0 spiro atoms. The maximum absolute atomic E-state index is 12.5. The highest BCUT2D eigenvalue weighted by atomic mass is 35.5. The summed E-state index contributed by atoms with van der Waals surface area (Å²) in [6.45, 7) is 0.164. The summed E-state index contributed by atoms with van der Waals surface area (Å²) < 4.78 is 16.3. The van der Waals surface area contributed by atoms with Gasteiger partial charge in [-0.3, -0.25) is 0 Å². The minimum atomic E-state index is -0.704. The Hall–Kier alpha value is -3.42. The second-order valence-corrected chi connectivity index (χ2v) is 7.34. The van der Waals surface area contributed by atoms with Crippen LogP contribution in [0.3, 0.4) is 0 Å². The molecule has 0 aromatic heterocycles. The van der Waals surface area contributed by atoms with Crippen LogP contribution < -0.4 is 19.9 Å². The molecule has 0 aliphatic carbocycles. The Morgan fingerprint density at radius 2 is 1.56 bits per heavy atom. The van der Waals surface area contributed by atoms with Crippen molar-refractivity contribution in [1.82, 2.24) is 0 Å². The number of oxime groups is 1. The fourth-order valence-corrected chi connectivity index (χ4v) is 3.08. The summed E-state index contributed by atoms with van der Waals surface area (Å²) in [5, 5.41) is 4.77. The number of methoxy groups -OCH3 is 2. The molecule has 2 N–H and O–H groups in total. The third-order valence-corrected chi connectivity index (χ3v) is 4.88. The number of amidine groups is 1. The Bertz CT molecular complexity index is 1130. The van der Waals surface area contributed by atoms with E-state index in [-0.39, 0.29) is 18.0 Å². The zero-order valence-electron chi connectivity index (χ0n) is 17.3. The van der Waals surface area contributed by atoms with E-state index in [0.29, 0.717) is 38.4 Å². The molecule has 166 valence electrons. The standard InChI is InChI=1S/C23H20Cl2N2O5/c1-29-20-9-3-14(11-15(20)13-31-18-7-4-16(24)5-8-18)23(28)32-27-22(26)19-12-17(25)6-10-21(19)30-2/h3-12H,13H2,1-2H3,(H2,26,27). The molecule has 32 heavy (non-hydrogen) atoms. The van der Waals surface area contributed by atoms with Crippen LogP contribution in [0.1, 0.15) is 21.5 Å². The predicted molar refractivity (Wildman–Crippen MR) is 123 cm³/mol. The van der Waals surface area contributed by atoms with Crippen LogP contribution in [0, 0.1) is 0 Å². The molecule has 0 bridgehead atoms. The highest BCUT2D eigenvalue weighted by Crippen LogP contribution is 2.25. The van der Waals surface area contributed by atoms with Gasteiger partial charge in [0, 0.05) is 15.6 Å². The van der Waals surface area contributed by atoms with Gasteiger partial charge in [-0.2, -0.15) is 0 Å². The molecule has 3 rings (SSSR count).